The lowest BCUT2D eigenvalue weighted by Crippen LogP contribution is -2.15. The number of hydrogen-bond acceptors (Lipinski definition) is 4. The van der Waals surface area contributed by atoms with E-state index in [0.717, 1.165) is 0 Å². The van der Waals surface area contributed by atoms with Crippen LogP contribution in [0.15, 0.2) is 66.7 Å². The van der Waals surface area contributed by atoms with Gasteiger partial charge in [0.1, 0.15) is 11.5 Å². The molecule has 0 aromatic heterocycles. The third-order valence-corrected chi connectivity index (χ3v) is 4.57. The Morgan fingerprint density at radius 1 is 0.931 bits per heavy atom. The summed E-state index contributed by atoms with van der Waals surface area (Å²) in [6.45, 7) is 1.48. The van der Waals surface area contributed by atoms with Crippen molar-refractivity contribution in [3.05, 3.63) is 82.9 Å². The second kappa shape index (κ2) is 9.26. The molecule has 0 aliphatic carbocycles. The number of hydrogen-bond donors (Lipinski definition) is 1. The molecule has 5 nitrogen and oxygen atoms in total. The van der Waals surface area contributed by atoms with E-state index in [2.05, 4.69) is 5.32 Å². The summed E-state index contributed by atoms with van der Waals surface area (Å²) in [6, 6.07) is 19.2. The molecular weight excluding hydrogens is 390 g/mol. The van der Waals surface area contributed by atoms with Crippen molar-refractivity contribution in [2.75, 3.05) is 12.4 Å². The van der Waals surface area contributed by atoms with Gasteiger partial charge in [-0.25, -0.2) is 0 Å². The summed E-state index contributed by atoms with van der Waals surface area (Å²) in [4.78, 5) is 24.3. The van der Waals surface area contributed by atoms with E-state index in [-0.39, 0.29) is 18.1 Å². The maximum atomic E-state index is 12.7. The van der Waals surface area contributed by atoms with Gasteiger partial charge in [0.15, 0.2) is 11.5 Å². The molecule has 0 heterocycles. The van der Waals surface area contributed by atoms with Crippen LogP contribution >= 0.6 is 11.6 Å². The number of para-hydroxylation sites is 3. The third kappa shape index (κ3) is 5.15. The van der Waals surface area contributed by atoms with Gasteiger partial charge in [0.25, 0.3) is 0 Å². The molecule has 0 saturated carbocycles. The van der Waals surface area contributed by atoms with Crippen LogP contribution in [0.3, 0.4) is 0 Å². The topological polar surface area (TPSA) is 64.6 Å². The first kappa shape index (κ1) is 20.4. The number of benzene rings is 3. The molecule has 3 rings (SSSR count). The molecule has 3 aromatic rings. The third-order valence-electron chi connectivity index (χ3n) is 4.26. The zero-order valence-corrected chi connectivity index (χ0v) is 16.8. The Bertz CT molecular complexity index is 1050. The number of ketones is 1. The van der Waals surface area contributed by atoms with Crippen molar-refractivity contribution in [1.29, 1.82) is 0 Å². The van der Waals surface area contributed by atoms with Crippen LogP contribution in [0.2, 0.25) is 5.02 Å². The van der Waals surface area contributed by atoms with Gasteiger partial charge in [-0.15, -0.1) is 0 Å². The smallest absolute Gasteiger partial charge is 0.229 e. The fourth-order valence-corrected chi connectivity index (χ4v) is 2.98. The minimum absolute atomic E-state index is 0.0463. The van der Waals surface area contributed by atoms with Crippen LogP contribution in [0.25, 0.3) is 0 Å². The normalized spacial score (nSPS) is 10.3. The predicted octanol–water partition coefficient (Wildman–Crippen LogP) is 5.52. The Labute approximate surface area is 174 Å². The average Bonchev–Trinajstić information content (AvgIpc) is 2.71. The zero-order chi connectivity index (χ0) is 20.8. The first-order chi connectivity index (χ1) is 14.0. The zero-order valence-electron chi connectivity index (χ0n) is 16.1. The quantitative estimate of drug-likeness (QED) is 0.521. The standard InChI is InChI=1S/C23H20ClNO4/c1-15(26)16-11-12-20(28-2)17(13-16)14-23(27)25-19-8-4-6-10-22(19)29-21-9-5-3-7-18(21)24/h3-13H,14H2,1-2H3,(H,25,27). The van der Waals surface area contributed by atoms with Crippen LogP contribution in [0.5, 0.6) is 17.2 Å². The Hall–Kier alpha value is -3.31. The molecule has 1 N–H and O–H groups in total. The Balaban J connectivity index is 1.79. The Morgan fingerprint density at radius 3 is 2.31 bits per heavy atom. The fourth-order valence-electron chi connectivity index (χ4n) is 2.81. The molecule has 0 radical (unpaired) electrons. The molecular formula is C23H20ClNO4. The first-order valence-corrected chi connectivity index (χ1v) is 9.35. The molecule has 0 atom stereocenters. The second-order valence-corrected chi connectivity index (χ2v) is 6.74. The molecule has 0 bridgehead atoms. The number of methoxy groups -OCH3 is 1. The molecule has 0 saturated heterocycles. The summed E-state index contributed by atoms with van der Waals surface area (Å²) in [7, 11) is 1.52. The lowest BCUT2D eigenvalue weighted by Gasteiger charge is -2.14. The Kier molecular flexibility index (Phi) is 6.52. The van der Waals surface area contributed by atoms with Gasteiger partial charge in [0.05, 0.1) is 24.2 Å². The molecule has 0 spiro atoms. The SMILES string of the molecule is COc1ccc(C(C)=O)cc1CC(=O)Nc1ccccc1Oc1ccccc1Cl. The van der Waals surface area contributed by atoms with E-state index in [9.17, 15) is 9.59 Å². The number of ether oxygens (including phenoxy) is 2. The van der Waals surface area contributed by atoms with Crippen molar-refractivity contribution in [2.24, 2.45) is 0 Å². The van der Waals surface area contributed by atoms with Crippen LogP contribution in [-0.4, -0.2) is 18.8 Å². The highest BCUT2D eigenvalue weighted by Crippen LogP contribution is 2.33. The minimum Gasteiger partial charge on any atom is -0.496 e. The fraction of sp³-hybridized carbons (Fsp3) is 0.130. The van der Waals surface area contributed by atoms with Crippen molar-refractivity contribution < 1.29 is 19.1 Å². The van der Waals surface area contributed by atoms with Crippen molar-refractivity contribution in [3.8, 4) is 17.2 Å². The molecule has 6 heteroatoms. The van der Waals surface area contributed by atoms with Gasteiger partial charge in [-0.05, 0) is 49.4 Å². The lowest BCUT2D eigenvalue weighted by molar-refractivity contribution is -0.115. The van der Waals surface area contributed by atoms with Crippen LogP contribution in [0.1, 0.15) is 22.8 Å². The number of carbonyl (C=O) groups excluding carboxylic acids is 2. The first-order valence-electron chi connectivity index (χ1n) is 8.97. The number of anilines is 1. The van der Waals surface area contributed by atoms with Crippen LogP contribution in [0, 0.1) is 0 Å². The van der Waals surface area contributed by atoms with Gasteiger partial charge >= 0.3 is 0 Å². The molecule has 0 unspecified atom stereocenters. The maximum Gasteiger partial charge on any atom is 0.229 e. The number of amides is 1. The maximum absolute atomic E-state index is 12.7. The number of halogens is 1. The van der Waals surface area contributed by atoms with Crippen LogP contribution in [0.4, 0.5) is 5.69 Å². The monoisotopic (exact) mass is 409 g/mol. The number of nitrogens with one attached hydrogen (secondary N) is 1. The summed E-state index contributed by atoms with van der Waals surface area (Å²) >= 11 is 6.16. The number of rotatable bonds is 7. The molecule has 3 aromatic carbocycles. The molecule has 0 aliphatic rings. The average molecular weight is 410 g/mol. The van der Waals surface area contributed by atoms with E-state index in [1.807, 2.05) is 12.1 Å². The van der Waals surface area contributed by atoms with E-state index in [4.69, 9.17) is 21.1 Å². The highest BCUT2D eigenvalue weighted by Gasteiger charge is 2.14. The van der Waals surface area contributed by atoms with E-state index in [1.165, 1.54) is 14.0 Å². The largest absolute Gasteiger partial charge is 0.496 e. The van der Waals surface area contributed by atoms with Crippen LogP contribution < -0.4 is 14.8 Å². The molecule has 0 aliphatic heterocycles. The van der Waals surface area contributed by atoms with E-state index in [1.54, 1.807) is 54.6 Å². The van der Waals surface area contributed by atoms with Gasteiger partial charge in [0, 0.05) is 11.1 Å². The van der Waals surface area contributed by atoms with Gasteiger partial charge in [-0.2, -0.15) is 0 Å². The second-order valence-electron chi connectivity index (χ2n) is 6.34. The minimum atomic E-state index is -0.265. The number of Topliss-reactive ketones (excluding diaryl/α,β-unsaturated/α-hetero) is 1. The van der Waals surface area contributed by atoms with E-state index in [0.29, 0.717) is 39.1 Å². The van der Waals surface area contributed by atoms with Crippen molar-refractivity contribution in [3.63, 3.8) is 0 Å². The summed E-state index contributed by atoms with van der Waals surface area (Å²) in [6.07, 6.45) is 0.0463. The lowest BCUT2D eigenvalue weighted by atomic mass is 10.0. The molecule has 1 amide bonds. The summed E-state index contributed by atoms with van der Waals surface area (Å²) < 4.78 is 11.2. The molecule has 29 heavy (non-hydrogen) atoms. The predicted molar refractivity (Wildman–Crippen MR) is 113 cm³/mol. The summed E-state index contributed by atoms with van der Waals surface area (Å²) in [5.41, 5.74) is 1.66. The van der Waals surface area contributed by atoms with E-state index >= 15 is 0 Å². The van der Waals surface area contributed by atoms with Gasteiger partial charge in [0.2, 0.25) is 5.91 Å². The molecule has 148 valence electrons. The van der Waals surface area contributed by atoms with Gasteiger partial charge in [-0.3, -0.25) is 9.59 Å². The number of carbonyl (C=O) groups is 2. The summed E-state index contributed by atoms with van der Waals surface area (Å²) in [5, 5.41) is 3.32. The van der Waals surface area contributed by atoms with Crippen molar-refractivity contribution in [2.45, 2.75) is 13.3 Å². The molecule has 0 fully saturated rings. The van der Waals surface area contributed by atoms with Crippen LogP contribution in [-0.2, 0) is 11.2 Å². The van der Waals surface area contributed by atoms with Gasteiger partial charge in [-0.1, -0.05) is 35.9 Å². The highest BCUT2D eigenvalue weighted by molar-refractivity contribution is 6.32. The highest BCUT2D eigenvalue weighted by atomic mass is 35.5. The summed E-state index contributed by atoms with van der Waals surface area (Å²) in [5.74, 6) is 1.17. The van der Waals surface area contributed by atoms with Gasteiger partial charge < -0.3 is 14.8 Å². The van der Waals surface area contributed by atoms with Crippen molar-refractivity contribution >= 4 is 29.0 Å². The van der Waals surface area contributed by atoms with E-state index < -0.39 is 0 Å². The Morgan fingerprint density at radius 2 is 1.62 bits per heavy atom. The van der Waals surface area contributed by atoms with Crippen molar-refractivity contribution in [1.82, 2.24) is 0 Å².